The molecule has 50 heavy (non-hydrogen) atoms. The number of rotatable bonds is 5. The van der Waals surface area contributed by atoms with Gasteiger partial charge in [0, 0.05) is 36.0 Å². The number of nitrogens with one attached hydrogen (secondary N) is 2. The highest BCUT2D eigenvalue weighted by Gasteiger charge is 2.63. The third-order valence-electron chi connectivity index (χ3n) is 9.70. The third kappa shape index (κ3) is 7.53. The first-order valence-electron chi connectivity index (χ1n) is 17.6. The van der Waals surface area contributed by atoms with Crippen LogP contribution in [0.3, 0.4) is 0 Å². The van der Waals surface area contributed by atoms with Crippen LogP contribution in [0.5, 0.6) is 5.88 Å². The Kier molecular flexibility index (Phi) is 10.00. The molecule has 2 N–H and O–H groups in total. The molecule has 266 valence electrons. The first-order valence-corrected chi connectivity index (χ1v) is 17.6. The van der Waals surface area contributed by atoms with Crippen molar-refractivity contribution in [1.29, 1.82) is 0 Å². The zero-order valence-corrected chi connectivity index (χ0v) is 29.2. The third-order valence-corrected chi connectivity index (χ3v) is 9.70. The molecular formula is C38H46N4O8. The molecule has 0 unspecified atom stereocenters. The smallest absolute Gasteiger partial charge is 0.408 e. The van der Waals surface area contributed by atoms with Crippen molar-refractivity contribution in [2.75, 3.05) is 13.2 Å². The van der Waals surface area contributed by atoms with Gasteiger partial charge in [-0.2, -0.15) is 0 Å². The molecule has 2 aliphatic heterocycles. The van der Waals surface area contributed by atoms with E-state index in [4.69, 9.17) is 19.2 Å². The van der Waals surface area contributed by atoms with Crippen molar-refractivity contribution in [3.05, 3.63) is 48.5 Å². The summed E-state index contributed by atoms with van der Waals surface area (Å²) in [7, 11) is 0. The van der Waals surface area contributed by atoms with E-state index >= 15 is 0 Å². The second kappa shape index (κ2) is 14.2. The summed E-state index contributed by atoms with van der Waals surface area (Å²) in [5.74, 6) is -1.59. The van der Waals surface area contributed by atoms with Crippen molar-refractivity contribution in [3.63, 3.8) is 0 Å². The zero-order chi connectivity index (χ0) is 35.6. The summed E-state index contributed by atoms with van der Waals surface area (Å²) in [6, 6.07) is 13.5. The normalized spacial score (nSPS) is 26.2. The number of hydrogen-bond donors (Lipinski definition) is 2. The van der Waals surface area contributed by atoms with E-state index < -0.39 is 59.1 Å². The average molecular weight is 687 g/mol. The van der Waals surface area contributed by atoms with E-state index in [1.165, 1.54) is 4.90 Å². The van der Waals surface area contributed by atoms with Crippen LogP contribution in [-0.4, -0.2) is 82.0 Å². The maximum Gasteiger partial charge on any atom is 0.408 e. The number of pyridine rings is 1. The van der Waals surface area contributed by atoms with E-state index in [1.54, 1.807) is 27.7 Å². The Morgan fingerprint density at radius 1 is 1.00 bits per heavy atom. The summed E-state index contributed by atoms with van der Waals surface area (Å²) in [6.07, 6.45) is 1.60. The Hall–Kier alpha value is -4.74. The number of esters is 1. The minimum atomic E-state index is -1.35. The molecule has 1 aromatic heterocycles. The highest BCUT2D eigenvalue weighted by molar-refractivity contribution is 6.07. The first kappa shape index (κ1) is 35.1. The fourth-order valence-corrected chi connectivity index (χ4v) is 7.22. The van der Waals surface area contributed by atoms with E-state index in [-0.39, 0.29) is 44.6 Å². The van der Waals surface area contributed by atoms with E-state index in [0.717, 1.165) is 21.7 Å². The van der Waals surface area contributed by atoms with Crippen LogP contribution in [0.25, 0.3) is 21.7 Å². The van der Waals surface area contributed by atoms with Crippen molar-refractivity contribution < 1.29 is 38.2 Å². The average Bonchev–Trinajstić information content (AvgIpc) is 3.57. The van der Waals surface area contributed by atoms with Gasteiger partial charge in [0.2, 0.25) is 17.7 Å². The second-order valence-corrected chi connectivity index (χ2v) is 14.6. The molecule has 2 aromatic carbocycles. The molecular weight excluding hydrogens is 640 g/mol. The number of carbonyl (C=O) groups excluding carboxylic acids is 5. The molecule has 2 saturated heterocycles. The summed E-state index contributed by atoms with van der Waals surface area (Å²) in [5, 5.41) is 8.39. The minimum absolute atomic E-state index is 0.0101. The molecule has 5 atom stereocenters. The molecule has 0 spiro atoms. The lowest BCUT2D eigenvalue weighted by Gasteiger charge is -2.30. The largest absolute Gasteiger partial charge is 0.472 e. The predicted molar refractivity (Wildman–Crippen MR) is 185 cm³/mol. The number of Topliss-reactive ketones (excluding diaryl/α,β-unsaturated/α-hetero) is 1. The van der Waals surface area contributed by atoms with Gasteiger partial charge >= 0.3 is 12.1 Å². The summed E-state index contributed by atoms with van der Waals surface area (Å²) >= 11 is 0. The Bertz CT molecular complexity index is 1800. The number of aromatic nitrogens is 1. The van der Waals surface area contributed by atoms with Crippen molar-refractivity contribution in [3.8, 4) is 5.88 Å². The Morgan fingerprint density at radius 3 is 2.46 bits per heavy atom. The predicted octanol–water partition coefficient (Wildman–Crippen LogP) is 4.99. The number of para-hydroxylation sites is 1. The molecule has 3 aliphatic rings. The number of benzene rings is 2. The van der Waals surface area contributed by atoms with Gasteiger partial charge in [0.25, 0.3) is 0 Å². The van der Waals surface area contributed by atoms with Gasteiger partial charge in [-0.3, -0.25) is 14.4 Å². The fraction of sp³-hybridized carbons (Fsp3) is 0.526. The molecule has 1 aliphatic carbocycles. The molecule has 3 amide bonds. The van der Waals surface area contributed by atoms with Gasteiger partial charge < -0.3 is 29.7 Å². The highest BCUT2D eigenvalue weighted by Crippen LogP contribution is 2.48. The van der Waals surface area contributed by atoms with Crippen LogP contribution in [0.15, 0.2) is 48.5 Å². The molecule has 3 fully saturated rings. The highest BCUT2D eigenvalue weighted by atomic mass is 16.6. The van der Waals surface area contributed by atoms with Crippen LogP contribution in [0.1, 0.15) is 79.1 Å². The van der Waals surface area contributed by atoms with Crippen LogP contribution < -0.4 is 15.4 Å². The van der Waals surface area contributed by atoms with Gasteiger partial charge in [-0.05, 0) is 64.5 Å². The Balaban J connectivity index is 1.34. The molecule has 6 rings (SSSR count). The fourth-order valence-electron chi connectivity index (χ4n) is 7.22. The van der Waals surface area contributed by atoms with Gasteiger partial charge in [0.15, 0.2) is 0 Å². The van der Waals surface area contributed by atoms with E-state index in [0.29, 0.717) is 31.6 Å². The van der Waals surface area contributed by atoms with Crippen LogP contribution in [0.2, 0.25) is 0 Å². The SMILES string of the molecule is CCOC(=O)[C@@]12C[C@H]1CC(=O)CCCCC[C@H](NC(=O)OC(C)(C)C)C(=O)N1C[C@H](Oc3nc4ccccc4c4ccccc34)C[C@H]1C(=O)N2. The standard InChI is InChI=1S/C38H46N4O8/c1-5-48-35(46)38-21-23(38)19-24(43)13-7-6-8-18-30(40-36(47)50-37(2,3)4)34(45)42-22-25(20-31(42)32(44)41-38)49-33-28-16-10-9-14-26(28)27-15-11-12-17-29(27)39-33/h9-12,14-17,23,25,30-31H,5-8,13,18-22H2,1-4H3,(H,40,47)(H,41,44)/t23-,25-,30+,31+,38-/m1/s1. The number of nitrogens with zero attached hydrogens (tertiary/aromatic N) is 2. The van der Waals surface area contributed by atoms with E-state index in [2.05, 4.69) is 10.6 Å². The molecule has 3 aromatic rings. The molecule has 12 heteroatoms. The monoisotopic (exact) mass is 686 g/mol. The number of ether oxygens (including phenoxy) is 3. The molecule has 0 radical (unpaired) electrons. The number of carbonyl (C=O) groups is 5. The topological polar surface area (TPSA) is 153 Å². The van der Waals surface area contributed by atoms with Crippen molar-refractivity contribution >= 4 is 51.3 Å². The summed E-state index contributed by atoms with van der Waals surface area (Å²) in [6.45, 7) is 7.05. The van der Waals surface area contributed by atoms with Crippen LogP contribution in [0, 0.1) is 5.92 Å². The minimum Gasteiger partial charge on any atom is -0.472 e. The molecule has 12 nitrogen and oxygen atoms in total. The van der Waals surface area contributed by atoms with Crippen LogP contribution in [-0.2, 0) is 28.7 Å². The second-order valence-electron chi connectivity index (χ2n) is 14.6. The molecule has 3 heterocycles. The number of hydrogen-bond acceptors (Lipinski definition) is 9. The maximum atomic E-state index is 14.4. The quantitative estimate of drug-likeness (QED) is 0.279. The van der Waals surface area contributed by atoms with Gasteiger partial charge in [-0.25, -0.2) is 14.6 Å². The van der Waals surface area contributed by atoms with E-state index in [1.807, 2.05) is 48.5 Å². The number of fused-ring (bicyclic) bond motifs is 5. The lowest BCUT2D eigenvalue weighted by molar-refractivity contribution is -0.150. The van der Waals surface area contributed by atoms with Gasteiger partial charge in [0.1, 0.15) is 35.1 Å². The van der Waals surface area contributed by atoms with Crippen LogP contribution in [0.4, 0.5) is 4.79 Å². The van der Waals surface area contributed by atoms with Crippen molar-refractivity contribution in [2.45, 2.75) is 108 Å². The van der Waals surface area contributed by atoms with Crippen molar-refractivity contribution in [2.24, 2.45) is 5.92 Å². The maximum absolute atomic E-state index is 14.4. The number of ketones is 1. The Morgan fingerprint density at radius 2 is 1.72 bits per heavy atom. The Labute approximate surface area is 291 Å². The van der Waals surface area contributed by atoms with Crippen LogP contribution >= 0.6 is 0 Å². The molecule has 1 saturated carbocycles. The summed E-state index contributed by atoms with van der Waals surface area (Å²) in [5.41, 5.74) is -1.39. The first-order chi connectivity index (χ1) is 23.9. The van der Waals surface area contributed by atoms with Gasteiger partial charge in [-0.1, -0.05) is 49.2 Å². The lowest BCUT2D eigenvalue weighted by Crippen LogP contribution is -2.56. The van der Waals surface area contributed by atoms with E-state index in [9.17, 15) is 24.0 Å². The summed E-state index contributed by atoms with van der Waals surface area (Å²) < 4.78 is 17.4. The van der Waals surface area contributed by atoms with Gasteiger partial charge in [0.05, 0.1) is 18.7 Å². The van der Waals surface area contributed by atoms with Crippen molar-refractivity contribution in [1.82, 2.24) is 20.5 Å². The number of alkyl carbamates (subject to hydrolysis) is 1. The molecule has 0 bridgehead atoms. The van der Waals surface area contributed by atoms with Gasteiger partial charge in [-0.15, -0.1) is 0 Å². The lowest BCUT2D eigenvalue weighted by atomic mass is 10.0. The number of amides is 3. The summed E-state index contributed by atoms with van der Waals surface area (Å²) in [4.78, 5) is 74.0. The zero-order valence-electron chi connectivity index (χ0n) is 29.2.